The van der Waals surface area contributed by atoms with Gasteiger partial charge in [0.2, 0.25) is 0 Å². The number of nitrogens with one attached hydrogen (secondary N) is 1. The van der Waals surface area contributed by atoms with E-state index in [9.17, 15) is 0 Å². The van der Waals surface area contributed by atoms with Crippen LogP contribution < -0.4 is 5.32 Å². The zero-order valence-corrected chi connectivity index (χ0v) is 12.0. The summed E-state index contributed by atoms with van der Waals surface area (Å²) in [5, 5.41) is 3.65. The third kappa shape index (κ3) is 4.11. The molecule has 1 nitrogen and oxygen atoms in total. The fraction of sp³-hybridized carbons (Fsp3) is 0.733. The Labute approximate surface area is 110 Å². The van der Waals surface area contributed by atoms with E-state index in [-0.39, 0.29) is 0 Å². The molecule has 0 aromatic carbocycles. The first-order chi connectivity index (χ1) is 8.25. The zero-order chi connectivity index (χ0) is 12.1. The predicted octanol–water partition coefficient (Wildman–Crippen LogP) is 4.42. The lowest BCUT2D eigenvalue weighted by Crippen LogP contribution is -2.21. The van der Waals surface area contributed by atoms with Gasteiger partial charge in [-0.25, -0.2) is 0 Å². The summed E-state index contributed by atoms with van der Waals surface area (Å²) in [5.74, 6) is 0.930. The van der Waals surface area contributed by atoms with Gasteiger partial charge >= 0.3 is 0 Å². The van der Waals surface area contributed by atoms with E-state index in [0.717, 1.165) is 12.5 Å². The molecule has 1 aromatic rings. The largest absolute Gasteiger partial charge is 0.312 e. The molecule has 96 valence electrons. The van der Waals surface area contributed by atoms with Gasteiger partial charge in [0.15, 0.2) is 0 Å². The Morgan fingerprint density at radius 3 is 2.47 bits per heavy atom. The molecular formula is C15H25NS. The second-order valence-corrected chi connectivity index (χ2v) is 6.78. The summed E-state index contributed by atoms with van der Waals surface area (Å²) in [5.41, 5.74) is 1.45. The Hall–Kier alpha value is -0.340. The molecule has 0 saturated heterocycles. The molecule has 0 atom stereocenters. The molecule has 1 saturated carbocycles. The first kappa shape index (κ1) is 13.1. The van der Waals surface area contributed by atoms with Crippen molar-refractivity contribution < 1.29 is 0 Å². The molecule has 0 spiro atoms. The first-order valence-electron chi connectivity index (χ1n) is 7.02. The van der Waals surface area contributed by atoms with E-state index in [1.165, 1.54) is 60.4 Å². The Kier molecular flexibility index (Phi) is 5.05. The van der Waals surface area contributed by atoms with Crippen molar-refractivity contribution in [1.82, 2.24) is 5.32 Å². The third-order valence-electron chi connectivity index (χ3n) is 3.92. The van der Waals surface area contributed by atoms with Crippen molar-refractivity contribution in [2.24, 2.45) is 5.92 Å². The predicted molar refractivity (Wildman–Crippen MR) is 76.7 cm³/mol. The molecule has 0 unspecified atom stereocenters. The maximum absolute atomic E-state index is 3.65. The number of thiophene rings is 1. The lowest BCUT2D eigenvalue weighted by atomic mass is 10.0. The van der Waals surface area contributed by atoms with Crippen LogP contribution in [0.3, 0.4) is 0 Å². The van der Waals surface area contributed by atoms with E-state index >= 15 is 0 Å². The van der Waals surface area contributed by atoms with Gasteiger partial charge in [0.1, 0.15) is 0 Å². The van der Waals surface area contributed by atoms with E-state index in [4.69, 9.17) is 0 Å². The SMILES string of the molecule is Cc1cc(CNCC2CCCCCC2)sc1C. The molecule has 0 aliphatic heterocycles. The number of rotatable bonds is 4. The van der Waals surface area contributed by atoms with Crippen LogP contribution in [-0.2, 0) is 6.54 Å². The molecule has 2 rings (SSSR count). The fourth-order valence-corrected chi connectivity index (χ4v) is 3.73. The fourth-order valence-electron chi connectivity index (χ4n) is 2.70. The van der Waals surface area contributed by atoms with E-state index in [0.29, 0.717) is 0 Å². The topological polar surface area (TPSA) is 12.0 Å². The van der Waals surface area contributed by atoms with Crippen LogP contribution >= 0.6 is 11.3 Å². The van der Waals surface area contributed by atoms with Gasteiger partial charge in [0.05, 0.1) is 0 Å². The summed E-state index contributed by atoms with van der Waals surface area (Å²) in [6.45, 7) is 6.71. The Morgan fingerprint density at radius 2 is 1.88 bits per heavy atom. The normalized spacial score (nSPS) is 18.2. The van der Waals surface area contributed by atoms with Gasteiger partial charge in [-0.3, -0.25) is 0 Å². The quantitative estimate of drug-likeness (QED) is 0.781. The third-order valence-corrected chi connectivity index (χ3v) is 5.08. The summed E-state index contributed by atoms with van der Waals surface area (Å²) in [6, 6.07) is 2.33. The number of hydrogen-bond donors (Lipinski definition) is 1. The van der Waals surface area contributed by atoms with Crippen LogP contribution in [-0.4, -0.2) is 6.54 Å². The van der Waals surface area contributed by atoms with Crippen molar-refractivity contribution in [2.75, 3.05) is 6.54 Å². The minimum absolute atomic E-state index is 0.930. The molecule has 1 N–H and O–H groups in total. The van der Waals surface area contributed by atoms with Crippen molar-refractivity contribution in [3.05, 3.63) is 21.4 Å². The average Bonchev–Trinajstić information content (AvgIpc) is 2.55. The Balaban J connectivity index is 1.71. The Morgan fingerprint density at radius 1 is 1.18 bits per heavy atom. The van der Waals surface area contributed by atoms with Gasteiger partial charge in [0, 0.05) is 16.3 Å². The van der Waals surface area contributed by atoms with E-state index in [1.54, 1.807) is 0 Å². The van der Waals surface area contributed by atoms with Gasteiger partial charge in [-0.15, -0.1) is 11.3 Å². The smallest absolute Gasteiger partial charge is 0.0300 e. The molecule has 1 aliphatic rings. The van der Waals surface area contributed by atoms with Crippen LogP contribution in [0.25, 0.3) is 0 Å². The maximum Gasteiger partial charge on any atom is 0.0300 e. The molecule has 17 heavy (non-hydrogen) atoms. The highest BCUT2D eigenvalue weighted by Gasteiger charge is 2.11. The molecule has 1 fully saturated rings. The summed E-state index contributed by atoms with van der Waals surface area (Å²) in [6.07, 6.45) is 8.69. The molecule has 1 aliphatic carbocycles. The molecular weight excluding hydrogens is 226 g/mol. The van der Waals surface area contributed by atoms with Crippen LogP contribution in [0, 0.1) is 19.8 Å². The van der Waals surface area contributed by atoms with Gasteiger partial charge in [-0.05, 0) is 50.8 Å². The highest BCUT2D eigenvalue weighted by atomic mass is 32.1. The summed E-state index contributed by atoms with van der Waals surface area (Å²) < 4.78 is 0. The van der Waals surface area contributed by atoms with Crippen molar-refractivity contribution in [2.45, 2.75) is 58.9 Å². The lowest BCUT2D eigenvalue weighted by molar-refractivity contribution is 0.426. The maximum atomic E-state index is 3.65. The van der Waals surface area contributed by atoms with Crippen LogP contribution in [0.5, 0.6) is 0 Å². The lowest BCUT2D eigenvalue weighted by Gasteiger charge is -2.14. The highest BCUT2D eigenvalue weighted by molar-refractivity contribution is 7.12. The van der Waals surface area contributed by atoms with Gasteiger partial charge in [-0.2, -0.15) is 0 Å². The molecule has 2 heteroatoms. The monoisotopic (exact) mass is 251 g/mol. The van der Waals surface area contributed by atoms with Gasteiger partial charge < -0.3 is 5.32 Å². The van der Waals surface area contributed by atoms with Crippen LogP contribution in [0.1, 0.15) is 53.8 Å². The van der Waals surface area contributed by atoms with Crippen molar-refractivity contribution in [3.63, 3.8) is 0 Å². The number of hydrogen-bond acceptors (Lipinski definition) is 2. The minimum Gasteiger partial charge on any atom is -0.312 e. The molecule has 1 heterocycles. The molecule has 0 radical (unpaired) electrons. The van der Waals surface area contributed by atoms with Crippen molar-refractivity contribution in [1.29, 1.82) is 0 Å². The average molecular weight is 251 g/mol. The van der Waals surface area contributed by atoms with E-state index < -0.39 is 0 Å². The Bertz CT molecular complexity index is 315. The van der Waals surface area contributed by atoms with Crippen molar-refractivity contribution >= 4 is 11.3 Å². The zero-order valence-electron chi connectivity index (χ0n) is 11.2. The molecule has 0 bridgehead atoms. The van der Waals surface area contributed by atoms with E-state index in [2.05, 4.69) is 25.2 Å². The molecule has 0 amide bonds. The summed E-state index contributed by atoms with van der Waals surface area (Å²) in [7, 11) is 0. The number of aryl methyl sites for hydroxylation is 2. The summed E-state index contributed by atoms with van der Waals surface area (Å²) >= 11 is 1.94. The highest BCUT2D eigenvalue weighted by Crippen LogP contribution is 2.23. The molecule has 1 aromatic heterocycles. The van der Waals surface area contributed by atoms with Crippen LogP contribution in [0.2, 0.25) is 0 Å². The van der Waals surface area contributed by atoms with Crippen molar-refractivity contribution in [3.8, 4) is 0 Å². The van der Waals surface area contributed by atoms with Gasteiger partial charge in [0.25, 0.3) is 0 Å². The first-order valence-corrected chi connectivity index (χ1v) is 7.84. The minimum atomic E-state index is 0.930. The second kappa shape index (κ2) is 6.55. The summed E-state index contributed by atoms with van der Waals surface area (Å²) in [4.78, 5) is 2.96. The van der Waals surface area contributed by atoms with Crippen LogP contribution in [0.4, 0.5) is 0 Å². The van der Waals surface area contributed by atoms with Gasteiger partial charge in [-0.1, -0.05) is 25.7 Å². The van der Waals surface area contributed by atoms with E-state index in [1.807, 2.05) is 11.3 Å². The standard InChI is InChI=1S/C15H25NS/c1-12-9-15(17-13(12)2)11-16-10-14-7-5-3-4-6-8-14/h9,14,16H,3-8,10-11H2,1-2H3. The van der Waals surface area contributed by atoms with Crippen LogP contribution in [0.15, 0.2) is 6.07 Å². The second-order valence-electron chi connectivity index (χ2n) is 5.44.